The molecular formula is C33H55. The van der Waals surface area contributed by atoms with Crippen molar-refractivity contribution in [1.82, 2.24) is 0 Å². The fourth-order valence-electron chi connectivity index (χ4n) is 5.73. The molecule has 0 amide bonds. The molecule has 0 heteroatoms. The lowest BCUT2D eigenvalue weighted by Crippen LogP contribution is -2.09. The molecule has 2 rings (SSSR count). The van der Waals surface area contributed by atoms with Gasteiger partial charge in [0.25, 0.3) is 0 Å². The lowest BCUT2D eigenvalue weighted by molar-refractivity contribution is 0.714. The van der Waals surface area contributed by atoms with Crippen LogP contribution >= 0.6 is 0 Å². The monoisotopic (exact) mass is 451 g/mol. The number of rotatable bonds is 18. The smallest absolute Gasteiger partial charge is 0.0308 e. The van der Waals surface area contributed by atoms with Crippen molar-refractivity contribution in [2.45, 2.75) is 157 Å². The largest absolute Gasteiger partial charge is 0.0654 e. The molecule has 0 unspecified atom stereocenters. The lowest BCUT2D eigenvalue weighted by atomic mass is 9.81. The quantitative estimate of drug-likeness (QED) is 0.208. The topological polar surface area (TPSA) is 0 Å². The van der Waals surface area contributed by atoms with Gasteiger partial charge >= 0.3 is 0 Å². The van der Waals surface area contributed by atoms with Crippen LogP contribution in [0.2, 0.25) is 0 Å². The van der Waals surface area contributed by atoms with Gasteiger partial charge in [-0.1, -0.05) is 98.1 Å². The van der Waals surface area contributed by atoms with Crippen molar-refractivity contribution in [1.29, 1.82) is 0 Å². The molecule has 1 aromatic rings. The molecule has 0 aromatic heterocycles. The molecule has 0 saturated heterocycles. The number of fused-ring (bicyclic) bond motifs is 1. The Labute approximate surface area is 208 Å². The first-order valence-electron chi connectivity index (χ1n) is 14.9. The van der Waals surface area contributed by atoms with Gasteiger partial charge in [-0.25, -0.2) is 0 Å². The number of hydrogen-bond acceptors (Lipinski definition) is 0. The summed E-state index contributed by atoms with van der Waals surface area (Å²) in [6, 6.07) is 2.71. The molecule has 0 nitrogen and oxygen atoms in total. The molecule has 1 aliphatic carbocycles. The zero-order chi connectivity index (χ0) is 24.1. The Kier molecular flexibility index (Phi) is 13.5. The van der Waals surface area contributed by atoms with Crippen LogP contribution in [0.4, 0.5) is 0 Å². The van der Waals surface area contributed by atoms with E-state index in [-0.39, 0.29) is 0 Å². The summed E-state index contributed by atoms with van der Waals surface area (Å²) in [5.74, 6) is 1.75. The number of unbranched alkanes of at least 4 members (excludes halogenated alkanes) is 6. The molecule has 0 bridgehead atoms. The third-order valence-corrected chi connectivity index (χ3v) is 7.70. The molecule has 1 aliphatic rings. The highest BCUT2D eigenvalue weighted by Crippen LogP contribution is 2.50. The van der Waals surface area contributed by atoms with Crippen molar-refractivity contribution in [3.8, 4) is 0 Å². The second-order valence-electron chi connectivity index (χ2n) is 10.5. The van der Waals surface area contributed by atoms with Crippen LogP contribution in [0.5, 0.6) is 0 Å². The zero-order valence-corrected chi connectivity index (χ0v) is 23.3. The fourth-order valence-corrected chi connectivity index (χ4v) is 5.73. The van der Waals surface area contributed by atoms with Crippen molar-refractivity contribution >= 4 is 5.57 Å². The highest BCUT2D eigenvalue weighted by Gasteiger charge is 2.34. The maximum Gasteiger partial charge on any atom is 0.0308 e. The Morgan fingerprint density at radius 2 is 0.909 bits per heavy atom. The van der Waals surface area contributed by atoms with E-state index in [1.807, 2.05) is 0 Å². The zero-order valence-electron chi connectivity index (χ0n) is 23.3. The highest BCUT2D eigenvalue weighted by atomic mass is 14.4. The summed E-state index contributed by atoms with van der Waals surface area (Å²) in [6.45, 7) is 14.2. The number of hydrogen-bond donors (Lipinski definition) is 0. The molecular weight excluding hydrogens is 396 g/mol. The molecule has 0 heterocycles. The van der Waals surface area contributed by atoms with Crippen LogP contribution in [0.25, 0.3) is 5.57 Å². The van der Waals surface area contributed by atoms with Crippen molar-refractivity contribution in [2.75, 3.05) is 0 Å². The molecule has 0 atom stereocenters. The van der Waals surface area contributed by atoms with E-state index in [2.05, 4.69) is 47.6 Å². The van der Waals surface area contributed by atoms with Crippen LogP contribution in [-0.4, -0.2) is 0 Å². The van der Waals surface area contributed by atoms with Gasteiger partial charge in [0, 0.05) is 5.92 Å². The van der Waals surface area contributed by atoms with Crippen LogP contribution in [0.1, 0.15) is 166 Å². The third-order valence-electron chi connectivity index (χ3n) is 7.70. The van der Waals surface area contributed by atoms with Crippen molar-refractivity contribution in [3.05, 3.63) is 45.4 Å². The first kappa shape index (κ1) is 28.2. The Morgan fingerprint density at radius 1 is 0.455 bits per heavy atom. The Morgan fingerprint density at radius 3 is 1.48 bits per heavy atom. The maximum atomic E-state index is 2.71. The van der Waals surface area contributed by atoms with Gasteiger partial charge in [-0.2, -0.15) is 0 Å². The number of benzene rings is 1. The summed E-state index contributed by atoms with van der Waals surface area (Å²) in [7, 11) is 0. The van der Waals surface area contributed by atoms with Crippen LogP contribution in [0.15, 0.2) is 11.6 Å². The standard InChI is InChI=1S/C33H55/c1-7-13-19-26-25-32-29(22-16-10-4)28(21-15-9-3)31(24-18-12-6)33(32)30(23-17-11-5)27(26)20-14-8-2/h25H,7-24H2,1-6H3. The molecule has 0 spiro atoms. The van der Waals surface area contributed by atoms with E-state index in [1.54, 1.807) is 44.9 Å². The number of allylic oxidation sites excluding steroid dienone is 2. The van der Waals surface area contributed by atoms with Gasteiger partial charge in [-0.05, 0) is 104 Å². The van der Waals surface area contributed by atoms with Gasteiger partial charge in [0.1, 0.15) is 0 Å². The molecule has 187 valence electrons. The summed E-state index contributed by atoms with van der Waals surface area (Å²) in [5, 5.41) is 0. The third kappa shape index (κ3) is 7.47. The van der Waals surface area contributed by atoms with Crippen LogP contribution in [0, 0.1) is 5.92 Å². The van der Waals surface area contributed by atoms with Crippen molar-refractivity contribution in [3.63, 3.8) is 0 Å². The summed E-state index contributed by atoms with van der Waals surface area (Å²) >= 11 is 0. The van der Waals surface area contributed by atoms with Crippen molar-refractivity contribution < 1.29 is 0 Å². The Balaban J connectivity index is 2.73. The van der Waals surface area contributed by atoms with E-state index in [0.29, 0.717) is 0 Å². The first-order chi connectivity index (χ1) is 16.2. The minimum Gasteiger partial charge on any atom is -0.0654 e. The van der Waals surface area contributed by atoms with Gasteiger partial charge in [-0.3, -0.25) is 0 Å². The predicted octanol–water partition coefficient (Wildman–Crippen LogP) is 11.0. The van der Waals surface area contributed by atoms with E-state index in [0.717, 1.165) is 0 Å². The summed E-state index contributed by atoms with van der Waals surface area (Å²) < 4.78 is 0. The van der Waals surface area contributed by atoms with Gasteiger partial charge in [0.2, 0.25) is 0 Å². The van der Waals surface area contributed by atoms with E-state index in [4.69, 9.17) is 0 Å². The van der Waals surface area contributed by atoms with Crippen LogP contribution < -0.4 is 0 Å². The van der Waals surface area contributed by atoms with Crippen molar-refractivity contribution in [2.24, 2.45) is 0 Å². The SMILES string of the molecule is CCCC[C]1C(CCCC)=C(CCCC)c2c1cc(CCCC)c(CCCC)c2CCCC. The molecule has 0 aliphatic heterocycles. The van der Waals surface area contributed by atoms with E-state index < -0.39 is 0 Å². The maximum absolute atomic E-state index is 2.71. The van der Waals surface area contributed by atoms with E-state index >= 15 is 0 Å². The normalized spacial score (nSPS) is 13.9. The summed E-state index contributed by atoms with van der Waals surface area (Å²) in [4.78, 5) is 0. The molecule has 0 N–H and O–H groups in total. The van der Waals surface area contributed by atoms with Crippen LogP contribution in [0.3, 0.4) is 0 Å². The first-order valence-corrected chi connectivity index (χ1v) is 14.9. The minimum absolute atomic E-state index is 1.28. The molecule has 0 saturated carbocycles. The average Bonchev–Trinajstić information content (AvgIpc) is 3.12. The predicted molar refractivity (Wildman–Crippen MR) is 150 cm³/mol. The lowest BCUT2D eigenvalue weighted by Gasteiger charge is -2.23. The van der Waals surface area contributed by atoms with Crippen LogP contribution in [-0.2, 0) is 19.3 Å². The van der Waals surface area contributed by atoms with Gasteiger partial charge in [-0.15, -0.1) is 0 Å². The second kappa shape index (κ2) is 15.8. The van der Waals surface area contributed by atoms with E-state index in [1.165, 1.54) is 116 Å². The average molecular weight is 452 g/mol. The van der Waals surface area contributed by atoms with Gasteiger partial charge in [0.15, 0.2) is 0 Å². The molecule has 1 radical (unpaired) electrons. The molecule has 1 aromatic carbocycles. The minimum atomic E-state index is 1.28. The molecule has 33 heavy (non-hydrogen) atoms. The van der Waals surface area contributed by atoms with E-state index in [9.17, 15) is 0 Å². The molecule has 0 fully saturated rings. The highest BCUT2D eigenvalue weighted by molar-refractivity contribution is 5.86. The second-order valence-corrected chi connectivity index (χ2v) is 10.5. The Bertz CT molecular complexity index is 720. The fraction of sp³-hybridized carbons (Fsp3) is 0.727. The van der Waals surface area contributed by atoms with Gasteiger partial charge < -0.3 is 0 Å². The number of aryl methyl sites for hydroxylation is 1. The summed E-state index contributed by atoms with van der Waals surface area (Å²) in [5.41, 5.74) is 12.2. The summed E-state index contributed by atoms with van der Waals surface area (Å²) in [6.07, 6.45) is 23.5. The Hall–Kier alpha value is -1.04. The van der Waals surface area contributed by atoms with Gasteiger partial charge in [0.05, 0.1) is 0 Å².